The fourth-order valence-electron chi connectivity index (χ4n) is 3.37. The quantitative estimate of drug-likeness (QED) is 0.408. The number of unbranched alkanes of at least 4 members (excludes halogenated alkanes) is 2. The summed E-state index contributed by atoms with van der Waals surface area (Å²) in [4.78, 5) is 26.2. The largest absolute Gasteiger partial charge is 0.482 e. The van der Waals surface area contributed by atoms with E-state index in [-0.39, 0.29) is 30.7 Å². The molecular weight excluding hydrogens is 423 g/mol. The number of fused-ring (bicyclic) bond motifs is 1. The first-order valence-corrected chi connectivity index (χ1v) is 10.4. The molecule has 0 atom stereocenters. The summed E-state index contributed by atoms with van der Waals surface area (Å²) in [6.07, 6.45) is 4.43. The van der Waals surface area contributed by atoms with Crippen molar-refractivity contribution in [2.75, 3.05) is 32.1 Å². The SMILES string of the molecule is CN(CCCCCC(=O)c1ccc2c(c1)NC(=O)CO2)CCc1cccc(Cl)c1.Cl. The second kappa shape index (κ2) is 11.9. The summed E-state index contributed by atoms with van der Waals surface area (Å²) < 4.78 is 5.33. The van der Waals surface area contributed by atoms with Crippen LogP contribution in [0.15, 0.2) is 42.5 Å². The van der Waals surface area contributed by atoms with E-state index >= 15 is 0 Å². The first kappa shape index (κ1) is 24.2. The predicted molar refractivity (Wildman–Crippen MR) is 123 cm³/mol. The first-order chi connectivity index (χ1) is 14.0. The summed E-state index contributed by atoms with van der Waals surface area (Å²) in [5, 5.41) is 3.52. The maximum atomic E-state index is 12.4. The Morgan fingerprint density at radius 2 is 1.97 bits per heavy atom. The molecule has 1 amide bonds. The third-order valence-electron chi connectivity index (χ3n) is 5.05. The fourth-order valence-corrected chi connectivity index (χ4v) is 3.58. The Kier molecular flexibility index (Phi) is 9.63. The van der Waals surface area contributed by atoms with Crippen LogP contribution in [0.3, 0.4) is 0 Å². The van der Waals surface area contributed by atoms with E-state index in [9.17, 15) is 9.59 Å². The molecule has 30 heavy (non-hydrogen) atoms. The average molecular weight is 451 g/mol. The molecular formula is C23H28Cl2N2O3. The lowest BCUT2D eigenvalue weighted by molar-refractivity contribution is -0.118. The molecule has 1 N–H and O–H groups in total. The number of nitrogens with zero attached hydrogens (tertiary/aromatic N) is 1. The molecule has 1 aliphatic rings. The number of anilines is 1. The summed E-state index contributed by atoms with van der Waals surface area (Å²) in [5.41, 5.74) is 2.45. The highest BCUT2D eigenvalue weighted by Crippen LogP contribution is 2.29. The molecule has 0 aliphatic carbocycles. The van der Waals surface area contributed by atoms with Gasteiger partial charge in [-0.2, -0.15) is 0 Å². The number of ether oxygens (including phenoxy) is 1. The zero-order valence-corrected chi connectivity index (χ0v) is 18.7. The van der Waals surface area contributed by atoms with Crippen molar-refractivity contribution in [1.82, 2.24) is 4.90 Å². The van der Waals surface area contributed by atoms with Gasteiger partial charge in [-0.3, -0.25) is 9.59 Å². The van der Waals surface area contributed by atoms with Crippen LogP contribution in [0.4, 0.5) is 5.69 Å². The highest BCUT2D eigenvalue weighted by atomic mass is 35.5. The van der Waals surface area contributed by atoms with Crippen molar-refractivity contribution >= 4 is 41.4 Å². The maximum absolute atomic E-state index is 12.4. The number of benzene rings is 2. The molecule has 1 aliphatic heterocycles. The van der Waals surface area contributed by atoms with Crippen LogP contribution in [0.1, 0.15) is 41.6 Å². The van der Waals surface area contributed by atoms with Crippen molar-refractivity contribution in [2.45, 2.75) is 32.1 Å². The van der Waals surface area contributed by atoms with Gasteiger partial charge in [0, 0.05) is 23.6 Å². The van der Waals surface area contributed by atoms with Crippen LogP contribution >= 0.6 is 24.0 Å². The molecule has 0 fully saturated rings. The summed E-state index contributed by atoms with van der Waals surface area (Å²) in [5.74, 6) is 0.519. The van der Waals surface area contributed by atoms with E-state index in [1.165, 1.54) is 5.56 Å². The number of hydrogen-bond acceptors (Lipinski definition) is 4. The number of rotatable bonds is 10. The van der Waals surface area contributed by atoms with Gasteiger partial charge in [-0.05, 0) is 68.8 Å². The Morgan fingerprint density at radius 3 is 2.77 bits per heavy atom. The van der Waals surface area contributed by atoms with Gasteiger partial charge in [0.1, 0.15) is 5.75 Å². The summed E-state index contributed by atoms with van der Waals surface area (Å²) >= 11 is 6.02. The molecule has 2 aromatic carbocycles. The van der Waals surface area contributed by atoms with Gasteiger partial charge in [-0.15, -0.1) is 12.4 Å². The number of hydrogen-bond donors (Lipinski definition) is 1. The molecule has 2 aromatic rings. The van der Waals surface area contributed by atoms with E-state index in [4.69, 9.17) is 16.3 Å². The Balaban J connectivity index is 0.00000320. The zero-order chi connectivity index (χ0) is 20.6. The number of carbonyl (C=O) groups is 2. The topological polar surface area (TPSA) is 58.6 Å². The van der Waals surface area contributed by atoms with E-state index in [0.29, 0.717) is 23.4 Å². The third kappa shape index (κ3) is 7.31. The maximum Gasteiger partial charge on any atom is 0.262 e. The number of amides is 1. The van der Waals surface area contributed by atoms with Crippen LogP contribution in [0, 0.1) is 0 Å². The lowest BCUT2D eigenvalue weighted by Crippen LogP contribution is -2.25. The number of halogens is 2. The van der Waals surface area contributed by atoms with Crippen molar-refractivity contribution in [3.05, 3.63) is 58.6 Å². The van der Waals surface area contributed by atoms with Gasteiger partial charge in [0.05, 0.1) is 5.69 Å². The Morgan fingerprint density at radius 1 is 1.13 bits per heavy atom. The smallest absolute Gasteiger partial charge is 0.262 e. The molecule has 1 heterocycles. The van der Waals surface area contributed by atoms with Crippen LogP contribution in [-0.2, 0) is 11.2 Å². The standard InChI is InChI=1S/C23H27ClN2O3.ClH/c1-26(13-11-17-6-5-7-19(24)14-17)12-4-2-3-8-21(27)18-9-10-22-20(15-18)25-23(28)16-29-22;/h5-7,9-10,14-15H,2-4,8,11-13,16H2,1H3,(H,25,28);1H. The normalized spacial score (nSPS) is 12.6. The monoisotopic (exact) mass is 450 g/mol. The number of Topliss-reactive ketones (excluding diaryl/α,β-unsaturated/α-hetero) is 1. The van der Waals surface area contributed by atoms with E-state index in [1.54, 1.807) is 18.2 Å². The van der Waals surface area contributed by atoms with Gasteiger partial charge >= 0.3 is 0 Å². The molecule has 0 saturated heterocycles. The van der Waals surface area contributed by atoms with Gasteiger partial charge in [0.25, 0.3) is 5.91 Å². The molecule has 0 unspecified atom stereocenters. The molecule has 5 nitrogen and oxygen atoms in total. The second-order valence-electron chi connectivity index (χ2n) is 7.46. The van der Waals surface area contributed by atoms with Crippen LogP contribution < -0.4 is 10.1 Å². The number of likely N-dealkylation sites (N-methyl/N-ethyl adjacent to an activating group) is 1. The Bertz CT molecular complexity index is 873. The first-order valence-electron chi connectivity index (χ1n) is 10.0. The van der Waals surface area contributed by atoms with Gasteiger partial charge < -0.3 is 15.0 Å². The van der Waals surface area contributed by atoms with Crippen molar-refractivity contribution in [3.8, 4) is 5.75 Å². The van der Waals surface area contributed by atoms with Crippen molar-refractivity contribution in [3.63, 3.8) is 0 Å². The summed E-state index contributed by atoms with van der Waals surface area (Å²) in [7, 11) is 2.12. The van der Waals surface area contributed by atoms with E-state index in [0.717, 1.165) is 43.8 Å². The zero-order valence-electron chi connectivity index (χ0n) is 17.2. The van der Waals surface area contributed by atoms with Crippen LogP contribution in [-0.4, -0.2) is 43.3 Å². The molecule has 162 valence electrons. The highest BCUT2D eigenvalue weighted by molar-refractivity contribution is 6.30. The summed E-state index contributed by atoms with van der Waals surface area (Å²) in [6.45, 7) is 2.02. The summed E-state index contributed by atoms with van der Waals surface area (Å²) in [6, 6.07) is 13.2. The second-order valence-corrected chi connectivity index (χ2v) is 7.90. The predicted octanol–water partition coefficient (Wildman–Crippen LogP) is 5.01. The van der Waals surface area contributed by atoms with Gasteiger partial charge in [0.15, 0.2) is 12.4 Å². The molecule has 0 spiro atoms. The average Bonchev–Trinajstić information content (AvgIpc) is 2.71. The minimum atomic E-state index is -0.193. The number of ketones is 1. The third-order valence-corrected chi connectivity index (χ3v) is 5.28. The van der Waals surface area contributed by atoms with Gasteiger partial charge in [-0.1, -0.05) is 30.2 Å². The number of nitrogens with one attached hydrogen (secondary N) is 1. The van der Waals surface area contributed by atoms with Crippen LogP contribution in [0.2, 0.25) is 5.02 Å². The van der Waals surface area contributed by atoms with Crippen LogP contribution in [0.5, 0.6) is 5.75 Å². The van der Waals surface area contributed by atoms with Gasteiger partial charge in [-0.25, -0.2) is 0 Å². The number of carbonyl (C=O) groups excluding carboxylic acids is 2. The lowest BCUT2D eigenvalue weighted by Gasteiger charge is -2.18. The van der Waals surface area contributed by atoms with Crippen LogP contribution in [0.25, 0.3) is 0 Å². The molecule has 7 heteroatoms. The molecule has 0 saturated carbocycles. The Labute approximate surface area is 189 Å². The van der Waals surface area contributed by atoms with E-state index < -0.39 is 0 Å². The van der Waals surface area contributed by atoms with Crippen molar-refractivity contribution < 1.29 is 14.3 Å². The molecule has 0 aromatic heterocycles. The van der Waals surface area contributed by atoms with Crippen molar-refractivity contribution in [1.29, 1.82) is 0 Å². The minimum absolute atomic E-state index is 0. The van der Waals surface area contributed by atoms with E-state index in [1.807, 2.05) is 18.2 Å². The molecule has 0 bridgehead atoms. The molecule has 3 rings (SSSR count). The lowest BCUT2D eigenvalue weighted by atomic mass is 10.0. The molecule has 0 radical (unpaired) electrons. The van der Waals surface area contributed by atoms with Crippen molar-refractivity contribution in [2.24, 2.45) is 0 Å². The van der Waals surface area contributed by atoms with E-state index in [2.05, 4.69) is 23.3 Å². The van der Waals surface area contributed by atoms with Gasteiger partial charge in [0.2, 0.25) is 0 Å². The fraction of sp³-hybridized carbons (Fsp3) is 0.391. The Hall–Kier alpha value is -2.08. The highest BCUT2D eigenvalue weighted by Gasteiger charge is 2.17. The minimum Gasteiger partial charge on any atom is -0.482 e.